The summed E-state index contributed by atoms with van der Waals surface area (Å²) in [5, 5.41) is 11.2. The van der Waals surface area contributed by atoms with Crippen LogP contribution < -0.4 is 5.32 Å². The van der Waals surface area contributed by atoms with E-state index in [1.165, 1.54) is 0 Å². The van der Waals surface area contributed by atoms with Gasteiger partial charge in [0.25, 0.3) is 0 Å². The molecule has 1 aliphatic heterocycles. The molecule has 0 saturated carbocycles. The van der Waals surface area contributed by atoms with Gasteiger partial charge in [0.2, 0.25) is 0 Å². The first-order valence-electron chi connectivity index (χ1n) is 4.97. The van der Waals surface area contributed by atoms with Gasteiger partial charge in [0.1, 0.15) is 0 Å². The van der Waals surface area contributed by atoms with Crippen molar-refractivity contribution in [3.8, 4) is 0 Å². The molecule has 1 fully saturated rings. The van der Waals surface area contributed by atoms with Gasteiger partial charge in [-0.15, -0.1) is 0 Å². The van der Waals surface area contributed by atoms with Crippen molar-refractivity contribution in [1.29, 1.82) is 0 Å². The molecule has 1 rings (SSSR count). The third-order valence-electron chi connectivity index (χ3n) is 2.39. The first kappa shape index (κ1) is 11.3. The molecule has 82 valence electrons. The maximum atomic E-state index is 11.2. The van der Waals surface area contributed by atoms with Gasteiger partial charge in [-0.05, 0) is 12.8 Å². The summed E-state index contributed by atoms with van der Waals surface area (Å²) in [6.45, 7) is 1.92. The maximum Gasteiger partial charge on any atom is 0.317 e. The molecule has 0 aliphatic carbocycles. The minimum Gasteiger partial charge on any atom is -0.394 e. The summed E-state index contributed by atoms with van der Waals surface area (Å²) in [7, 11) is 1.64. The van der Waals surface area contributed by atoms with Crippen LogP contribution in [-0.2, 0) is 4.74 Å². The highest BCUT2D eigenvalue weighted by Crippen LogP contribution is 2.13. The molecule has 0 spiro atoms. The lowest BCUT2D eigenvalue weighted by molar-refractivity contribution is -0.00156. The summed E-state index contributed by atoms with van der Waals surface area (Å²) in [5.41, 5.74) is 0. The molecule has 0 aromatic heterocycles. The molecule has 2 N–H and O–H groups in total. The average molecular weight is 202 g/mol. The standard InChI is InChI=1S/C9H18N2O3/c1-10-9(13)11-4-2-8(3-5-11)14-7-6-12/h8,12H,2-7H2,1H3,(H,10,13). The molecule has 2 amide bonds. The lowest BCUT2D eigenvalue weighted by Crippen LogP contribution is -2.44. The molecule has 0 radical (unpaired) electrons. The number of nitrogens with one attached hydrogen (secondary N) is 1. The Bertz CT molecular complexity index is 179. The molecular weight excluding hydrogens is 184 g/mol. The first-order valence-corrected chi connectivity index (χ1v) is 4.97. The zero-order valence-electron chi connectivity index (χ0n) is 8.53. The van der Waals surface area contributed by atoms with E-state index < -0.39 is 0 Å². The minimum absolute atomic E-state index is 0.0226. The molecule has 5 heteroatoms. The number of hydrogen-bond donors (Lipinski definition) is 2. The Labute approximate surface area is 84.0 Å². The van der Waals surface area contributed by atoms with E-state index in [0.29, 0.717) is 6.61 Å². The highest BCUT2D eigenvalue weighted by Gasteiger charge is 2.21. The smallest absolute Gasteiger partial charge is 0.317 e. The van der Waals surface area contributed by atoms with Crippen molar-refractivity contribution in [1.82, 2.24) is 10.2 Å². The first-order chi connectivity index (χ1) is 6.77. The zero-order chi connectivity index (χ0) is 10.4. The number of ether oxygens (including phenoxy) is 1. The summed E-state index contributed by atoms with van der Waals surface area (Å²) < 4.78 is 5.39. The Kier molecular flexibility index (Phi) is 4.69. The topological polar surface area (TPSA) is 61.8 Å². The molecular formula is C9H18N2O3. The number of rotatable bonds is 3. The summed E-state index contributed by atoms with van der Waals surface area (Å²) in [4.78, 5) is 13.0. The van der Waals surface area contributed by atoms with E-state index in [0.717, 1.165) is 25.9 Å². The van der Waals surface area contributed by atoms with Crippen LogP contribution in [0.25, 0.3) is 0 Å². The molecule has 14 heavy (non-hydrogen) atoms. The van der Waals surface area contributed by atoms with Crippen LogP contribution in [0.1, 0.15) is 12.8 Å². The molecule has 1 heterocycles. The van der Waals surface area contributed by atoms with Gasteiger partial charge in [-0.3, -0.25) is 0 Å². The third-order valence-corrected chi connectivity index (χ3v) is 2.39. The van der Waals surface area contributed by atoms with Crippen LogP contribution in [0.2, 0.25) is 0 Å². The van der Waals surface area contributed by atoms with E-state index in [1.54, 1.807) is 11.9 Å². The monoisotopic (exact) mass is 202 g/mol. The Balaban J connectivity index is 2.20. The molecule has 1 aliphatic rings. The highest BCUT2D eigenvalue weighted by atomic mass is 16.5. The van der Waals surface area contributed by atoms with Gasteiger partial charge < -0.3 is 20.1 Å². The number of piperidine rings is 1. The fourth-order valence-corrected chi connectivity index (χ4v) is 1.60. The fraction of sp³-hybridized carbons (Fsp3) is 0.889. The van der Waals surface area contributed by atoms with Crippen molar-refractivity contribution in [2.24, 2.45) is 0 Å². The second-order valence-electron chi connectivity index (χ2n) is 3.34. The number of amides is 2. The largest absolute Gasteiger partial charge is 0.394 e. The van der Waals surface area contributed by atoms with Gasteiger partial charge in [0.05, 0.1) is 19.3 Å². The van der Waals surface area contributed by atoms with Gasteiger partial charge in [-0.25, -0.2) is 4.79 Å². The second kappa shape index (κ2) is 5.82. The van der Waals surface area contributed by atoms with Gasteiger partial charge in [0, 0.05) is 20.1 Å². The Morgan fingerprint density at radius 1 is 1.57 bits per heavy atom. The molecule has 0 unspecified atom stereocenters. The molecule has 0 bridgehead atoms. The fourth-order valence-electron chi connectivity index (χ4n) is 1.60. The molecule has 5 nitrogen and oxygen atoms in total. The number of nitrogens with zero attached hydrogens (tertiary/aromatic N) is 1. The molecule has 1 saturated heterocycles. The van der Waals surface area contributed by atoms with Crippen molar-refractivity contribution >= 4 is 6.03 Å². The van der Waals surface area contributed by atoms with Crippen LogP contribution in [0, 0.1) is 0 Å². The number of aliphatic hydroxyl groups is 1. The van der Waals surface area contributed by atoms with Gasteiger partial charge in [-0.1, -0.05) is 0 Å². The maximum absolute atomic E-state index is 11.2. The van der Waals surface area contributed by atoms with Crippen molar-refractivity contribution in [2.45, 2.75) is 18.9 Å². The lowest BCUT2D eigenvalue weighted by Gasteiger charge is -2.31. The lowest BCUT2D eigenvalue weighted by atomic mass is 10.1. The number of aliphatic hydroxyl groups excluding tert-OH is 1. The Morgan fingerprint density at radius 3 is 2.71 bits per heavy atom. The van der Waals surface area contributed by atoms with Crippen molar-refractivity contribution in [2.75, 3.05) is 33.4 Å². The number of urea groups is 1. The van der Waals surface area contributed by atoms with Gasteiger partial charge in [0.15, 0.2) is 0 Å². The molecule has 0 atom stereocenters. The Morgan fingerprint density at radius 2 is 2.21 bits per heavy atom. The van der Waals surface area contributed by atoms with Crippen LogP contribution in [0.5, 0.6) is 0 Å². The van der Waals surface area contributed by atoms with Gasteiger partial charge >= 0.3 is 6.03 Å². The van der Waals surface area contributed by atoms with Crippen LogP contribution in [-0.4, -0.2) is 55.5 Å². The molecule has 0 aromatic carbocycles. The van der Waals surface area contributed by atoms with Crippen LogP contribution in [0.15, 0.2) is 0 Å². The summed E-state index contributed by atoms with van der Waals surface area (Å²) in [6, 6.07) is -0.0226. The van der Waals surface area contributed by atoms with E-state index >= 15 is 0 Å². The zero-order valence-corrected chi connectivity index (χ0v) is 8.53. The SMILES string of the molecule is CNC(=O)N1CCC(OCCO)CC1. The Hall–Kier alpha value is -0.810. The van der Waals surface area contributed by atoms with Crippen LogP contribution in [0.3, 0.4) is 0 Å². The van der Waals surface area contributed by atoms with E-state index in [-0.39, 0.29) is 18.7 Å². The van der Waals surface area contributed by atoms with Crippen molar-refractivity contribution in [3.63, 3.8) is 0 Å². The predicted octanol–water partition coefficient (Wildman–Crippen LogP) is -0.201. The third kappa shape index (κ3) is 3.16. The highest BCUT2D eigenvalue weighted by molar-refractivity contribution is 5.73. The van der Waals surface area contributed by atoms with Gasteiger partial charge in [-0.2, -0.15) is 0 Å². The summed E-state index contributed by atoms with van der Waals surface area (Å²) >= 11 is 0. The summed E-state index contributed by atoms with van der Waals surface area (Å²) in [5.74, 6) is 0. The van der Waals surface area contributed by atoms with Crippen molar-refractivity contribution in [3.05, 3.63) is 0 Å². The number of likely N-dealkylation sites (tertiary alicyclic amines) is 1. The van der Waals surface area contributed by atoms with Crippen molar-refractivity contribution < 1.29 is 14.6 Å². The summed E-state index contributed by atoms with van der Waals surface area (Å²) in [6.07, 6.45) is 1.91. The van der Waals surface area contributed by atoms with E-state index in [1.807, 2.05) is 0 Å². The van der Waals surface area contributed by atoms with E-state index in [9.17, 15) is 4.79 Å². The van der Waals surface area contributed by atoms with E-state index in [2.05, 4.69) is 5.32 Å². The number of carbonyl (C=O) groups is 1. The van der Waals surface area contributed by atoms with Crippen LogP contribution in [0.4, 0.5) is 4.79 Å². The second-order valence-corrected chi connectivity index (χ2v) is 3.34. The van der Waals surface area contributed by atoms with E-state index in [4.69, 9.17) is 9.84 Å². The average Bonchev–Trinajstić information content (AvgIpc) is 2.26. The quantitative estimate of drug-likeness (QED) is 0.666. The number of hydrogen-bond acceptors (Lipinski definition) is 3. The van der Waals surface area contributed by atoms with Crippen LogP contribution >= 0.6 is 0 Å². The minimum atomic E-state index is -0.0226. The molecule has 0 aromatic rings. The number of carbonyl (C=O) groups excluding carboxylic acids is 1. The predicted molar refractivity (Wildman–Crippen MR) is 52.1 cm³/mol. The normalized spacial score (nSPS) is 18.3.